The second kappa shape index (κ2) is 4.81. The van der Waals surface area contributed by atoms with Crippen molar-refractivity contribution in [1.82, 2.24) is 14.6 Å². The van der Waals surface area contributed by atoms with Crippen molar-refractivity contribution in [2.45, 2.75) is 6.92 Å². The van der Waals surface area contributed by atoms with E-state index in [0.717, 1.165) is 26.9 Å². The average molecular weight is 354 g/mol. The van der Waals surface area contributed by atoms with Crippen LogP contribution in [0.3, 0.4) is 0 Å². The highest BCUT2D eigenvalue weighted by Gasteiger charge is 2.12. The summed E-state index contributed by atoms with van der Waals surface area (Å²) in [6, 6.07) is 13.5. The first-order chi connectivity index (χ1) is 10.6. The lowest BCUT2D eigenvalue weighted by molar-refractivity contribution is 0.956. The number of pyridine rings is 2. The zero-order chi connectivity index (χ0) is 15.3. The fourth-order valence-electron chi connectivity index (χ4n) is 2.67. The normalized spacial score (nSPS) is 11.4. The quantitative estimate of drug-likeness (QED) is 0.563. The molecule has 0 fully saturated rings. The van der Waals surface area contributed by atoms with Crippen LogP contribution >= 0.6 is 15.9 Å². The molecule has 0 aliphatic rings. The zero-order valence-electron chi connectivity index (χ0n) is 11.8. The smallest absolute Gasteiger partial charge is 0.192 e. The van der Waals surface area contributed by atoms with Crippen molar-refractivity contribution in [1.29, 1.82) is 0 Å². The fourth-order valence-corrected chi connectivity index (χ4v) is 3.00. The molecule has 4 nitrogen and oxygen atoms in total. The number of nitrogens with one attached hydrogen (secondary N) is 1. The molecule has 4 rings (SSSR count). The van der Waals surface area contributed by atoms with Gasteiger partial charge in [0.05, 0.1) is 11.2 Å². The minimum Gasteiger partial charge on any atom is -0.353 e. The van der Waals surface area contributed by atoms with Crippen LogP contribution in [-0.2, 0) is 0 Å². The van der Waals surface area contributed by atoms with E-state index >= 15 is 0 Å². The van der Waals surface area contributed by atoms with Crippen molar-refractivity contribution in [3.8, 4) is 11.4 Å². The minimum absolute atomic E-state index is 0.0441. The van der Waals surface area contributed by atoms with Gasteiger partial charge in [0.25, 0.3) is 0 Å². The largest absolute Gasteiger partial charge is 0.353 e. The monoisotopic (exact) mass is 353 g/mol. The van der Waals surface area contributed by atoms with Gasteiger partial charge in [-0.15, -0.1) is 0 Å². The van der Waals surface area contributed by atoms with Gasteiger partial charge >= 0.3 is 0 Å². The summed E-state index contributed by atoms with van der Waals surface area (Å²) in [6.07, 6.45) is 1.90. The van der Waals surface area contributed by atoms with Crippen LogP contribution in [-0.4, -0.2) is 14.6 Å². The molecule has 5 heteroatoms. The van der Waals surface area contributed by atoms with E-state index in [2.05, 4.69) is 26.0 Å². The number of halogens is 1. The Morgan fingerprint density at radius 1 is 1.18 bits per heavy atom. The summed E-state index contributed by atoms with van der Waals surface area (Å²) in [5.74, 6) is 0. The van der Waals surface area contributed by atoms with Crippen molar-refractivity contribution < 1.29 is 0 Å². The SMILES string of the molecule is Cc1c(-c2cc3ccc(Br)cn3n2)[nH]c2ccccc2c1=O. The van der Waals surface area contributed by atoms with Gasteiger partial charge in [-0.05, 0) is 53.2 Å². The predicted molar refractivity (Wildman–Crippen MR) is 91.2 cm³/mol. The van der Waals surface area contributed by atoms with E-state index in [9.17, 15) is 4.79 Å². The second-order valence-corrected chi connectivity index (χ2v) is 6.16. The number of H-pyrrole nitrogens is 1. The Morgan fingerprint density at radius 2 is 2.00 bits per heavy atom. The van der Waals surface area contributed by atoms with E-state index < -0.39 is 0 Å². The number of hydrogen-bond acceptors (Lipinski definition) is 2. The Hall–Kier alpha value is -2.40. The third-order valence-corrected chi connectivity index (χ3v) is 4.30. The molecule has 0 atom stereocenters. The molecule has 0 radical (unpaired) electrons. The van der Waals surface area contributed by atoms with E-state index in [1.807, 2.05) is 55.6 Å². The van der Waals surface area contributed by atoms with Gasteiger partial charge in [-0.1, -0.05) is 12.1 Å². The van der Waals surface area contributed by atoms with Gasteiger partial charge in [0, 0.05) is 27.1 Å². The first-order valence-corrected chi connectivity index (χ1v) is 7.70. The van der Waals surface area contributed by atoms with Gasteiger partial charge in [-0.3, -0.25) is 4.79 Å². The maximum Gasteiger partial charge on any atom is 0.192 e. The van der Waals surface area contributed by atoms with Crippen LogP contribution in [0, 0.1) is 6.92 Å². The molecular formula is C17H12BrN3O. The van der Waals surface area contributed by atoms with E-state index in [0.29, 0.717) is 10.9 Å². The van der Waals surface area contributed by atoms with Crippen LogP contribution in [0.1, 0.15) is 5.56 Å². The number of para-hydroxylation sites is 1. The van der Waals surface area contributed by atoms with Gasteiger partial charge in [-0.25, -0.2) is 4.52 Å². The van der Waals surface area contributed by atoms with Crippen molar-refractivity contribution >= 4 is 32.3 Å². The number of fused-ring (bicyclic) bond motifs is 2. The molecule has 0 amide bonds. The van der Waals surface area contributed by atoms with Gasteiger partial charge in [0.15, 0.2) is 5.43 Å². The van der Waals surface area contributed by atoms with Crippen LogP contribution < -0.4 is 5.43 Å². The number of aromatic amines is 1. The summed E-state index contributed by atoms with van der Waals surface area (Å²) < 4.78 is 2.75. The van der Waals surface area contributed by atoms with E-state index in [-0.39, 0.29) is 5.43 Å². The van der Waals surface area contributed by atoms with Crippen LogP contribution in [0.15, 0.2) is 57.9 Å². The van der Waals surface area contributed by atoms with Gasteiger partial charge in [0.1, 0.15) is 5.69 Å². The maximum atomic E-state index is 12.5. The Balaban J connectivity index is 2.03. The minimum atomic E-state index is 0.0441. The fraction of sp³-hybridized carbons (Fsp3) is 0.0588. The Morgan fingerprint density at radius 3 is 2.86 bits per heavy atom. The van der Waals surface area contributed by atoms with E-state index in [1.54, 1.807) is 4.52 Å². The molecule has 22 heavy (non-hydrogen) atoms. The standard InChI is InChI=1S/C17H12BrN3O/c1-10-16(19-14-5-3-2-4-13(14)17(10)22)15-8-12-7-6-11(18)9-21(12)20-15/h2-9H,1H3,(H,19,22). The lowest BCUT2D eigenvalue weighted by Gasteiger charge is -2.05. The summed E-state index contributed by atoms with van der Waals surface area (Å²) >= 11 is 3.44. The molecule has 0 bridgehead atoms. The lowest BCUT2D eigenvalue weighted by atomic mass is 10.1. The van der Waals surface area contributed by atoms with E-state index in [1.165, 1.54) is 0 Å². The maximum absolute atomic E-state index is 12.5. The second-order valence-electron chi connectivity index (χ2n) is 5.25. The number of hydrogen-bond donors (Lipinski definition) is 1. The van der Waals surface area contributed by atoms with Crippen molar-refractivity contribution in [2.75, 3.05) is 0 Å². The van der Waals surface area contributed by atoms with Gasteiger partial charge in [-0.2, -0.15) is 5.10 Å². The first kappa shape index (κ1) is 13.3. The zero-order valence-corrected chi connectivity index (χ0v) is 13.4. The van der Waals surface area contributed by atoms with Gasteiger partial charge in [0.2, 0.25) is 0 Å². The molecule has 108 valence electrons. The van der Waals surface area contributed by atoms with Gasteiger partial charge < -0.3 is 4.98 Å². The summed E-state index contributed by atoms with van der Waals surface area (Å²) in [4.78, 5) is 15.9. The molecule has 0 spiro atoms. The number of benzene rings is 1. The highest BCUT2D eigenvalue weighted by molar-refractivity contribution is 9.10. The summed E-state index contributed by atoms with van der Waals surface area (Å²) in [7, 11) is 0. The van der Waals surface area contributed by atoms with Crippen LogP contribution in [0.4, 0.5) is 0 Å². The van der Waals surface area contributed by atoms with Crippen molar-refractivity contribution in [2.24, 2.45) is 0 Å². The third kappa shape index (κ3) is 1.97. The topological polar surface area (TPSA) is 50.2 Å². The molecule has 0 aliphatic heterocycles. The molecular weight excluding hydrogens is 342 g/mol. The van der Waals surface area contributed by atoms with Crippen molar-refractivity contribution in [3.63, 3.8) is 0 Å². The summed E-state index contributed by atoms with van der Waals surface area (Å²) in [5.41, 5.74) is 4.06. The third-order valence-electron chi connectivity index (χ3n) is 3.83. The molecule has 1 aromatic carbocycles. The molecule has 0 saturated heterocycles. The highest BCUT2D eigenvalue weighted by Crippen LogP contribution is 2.23. The van der Waals surface area contributed by atoms with Crippen LogP contribution in [0.2, 0.25) is 0 Å². The Labute approximate surface area is 134 Å². The molecule has 0 aliphatic carbocycles. The highest BCUT2D eigenvalue weighted by atomic mass is 79.9. The molecule has 0 saturated carbocycles. The van der Waals surface area contributed by atoms with Crippen LogP contribution in [0.5, 0.6) is 0 Å². The van der Waals surface area contributed by atoms with Crippen LogP contribution in [0.25, 0.3) is 27.8 Å². The molecule has 3 aromatic heterocycles. The summed E-state index contributed by atoms with van der Waals surface area (Å²) in [6.45, 7) is 1.83. The molecule has 0 unspecified atom stereocenters. The number of aromatic nitrogens is 3. The first-order valence-electron chi connectivity index (χ1n) is 6.90. The molecule has 3 heterocycles. The lowest BCUT2D eigenvalue weighted by Crippen LogP contribution is -2.09. The Bertz CT molecular complexity index is 1080. The number of nitrogens with zero attached hydrogens (tertiary/aromatic N) is 2. The molecule has 4 aromatic rings. The number of rotatable bonds is 1. The summed E-state index contributed by atoms with van der Waals surface area (Å²) in [5, 5.41) is 5.27. The molecule has 1 N–H and O–H groups in total. The predicted octanol–water partition coefficient (Wildman–Crippen LogP) is 3.91. The van der Waals surface area contributed by atoms with E-state index in [4.69, 9.17) is 0 Å². The average Bonchev–Trinajstić information content (AvgIpc) is 2.93. The van der Waals surface area contributed by atoms with Crippen molar-refractivity contribution in [3.05, 3.63) is 68.9 Å². The Kier molecular flexibility index (Phi) is 2.90.